The zero-order valence-corrected chi connectivity index (χ0v) is 11.1. The van der Waals surface area contributed by atoms with Crippen LogP contribution < -0.4 is 11.1 Å². The molecular formula is C15H21FN2O. The van der Waals surface area contributed by atoms with Crippen molar-refractivity contribution in [3.63, 3.8) is 0 Å². The molecule has 1 saturated carbocycles. The molecule has 2 rings (SSSR count). The van der Waals surface area contributed by atoms with Crippen LogP contribution in [0.3, 0.4) is 0 Å². The summed E-state index contributed by atoms with van der Waals surface area (Å²) in [5.74, 6) is -0.141. The predicted molar refractivity (Wildman–Crippen MR) is 73.1 cm³/mol. The highest BCUT2D eigenvalue weighted by Gasteiger charge is 2.22. The number of rotatable bonds is 5. The molecule has 1 aliphatic carbocycles. The number of nitrogens with two attached hydrogens (primary N) is 1. The minimum absolute atomic E-state index is 0.0792. The molecule has 19 heavy (non-hydrogen) atoms. The van der Waals surface area contributed by atoms with E-state index in [-0.39, 0.29) is 23.8 Å². The molecule has 0 spiro atoms. The van der Waals surface area contributed by atoms with Crippen LogP contribution in [0.1, 0.15) is 37.7 Å². The fourth-order valence-corrected chi connectivity index (χ4v) is 2.59. The molecule has 0 aliphatic heterocycles. The first-order valence-corrected chi connectivity index (χ1v) is 6.93. The maximum atomic E-state index is 13.0. The summed E-state index contributed by atoms with van der Waals surface area (Å²) in [7, 11) is 0. The predicted octanol–water partition coefficient (Wildman–Crippen LogP) is 2.14. The number of nitrogens with one attached hydrogen (secondary N) is 1. The van der Waals surface area contributed by atoms with Crippen molar-refractivity contribution in [3.05, 3.63) is 35.6 Å². The van der Waals surface area contributed by atoms with Gasteiger partial charge in [-0.1, -0.05) is 12.1 Å². The Bertz CT molecular complexity index is 436. The molecule has 0 heterocycles. The lowest BCUT2D eigenvalue weighted by atomic mass is 10.1. The molecule has 0 saturated heterocycles. The van der Waals surface area contributed by atoms with Gasteiger partial charge >= 0.3 is 0 Å². The Kier molecular flexibility index (Phi) is 4.91. The van der Waals surface area contributed by atoms with Crippen molar-refractivity contribution in [3.8, 4) is 0 Å². The van der Waals surface area contributed by atoms with Gasteiger partial charge in [0.1, 0.15) is 5.82 Å². The van der Waals surface area contributed by atoms with E-state index in [1.807, 2.05) is 6.07 Å². The SMILES string of the molecule is NC1CCC(NC(=O)CCCc2cccc(F)c2)C1. The Labute approximate surface area is 113 Å². The molecule has 2 unspecified atom stereocenters. The number of amides is 1. The molecule has 0 bridgehead atoms. The molecule has 1 aromatic carbocycles. The van der Waals surface area contributed by atoms with Crippen molar-refractivity contribution in [2.45, 2.75) is 50.6 Å². The van der Waals surface area contributed by atoms with Crippen LogP contribution in [-0.4, -0.2) is 18.0 Å². The van der Waals surface area contributed by atoms with E-state index in [2.05, 4.69) is 5.32 Å². The summed E-state index contributed by atoms with van der Waals surface area (Å²) >= 11 is 0. The Balaban J connectivity index is 1.66. The molecule has 3 nitrogen and oxygen atoms in total. The first kappa shape index (κ1) is 14.0. The van der Waals surface area contributed by atoms with Crippen molar-refractivity contribution < 1.29 is 9.18 Å². The van der Waals surface area contributed by atoms with Crippen LogP contribution in [-0.2, 0) is 11.2 Å². The number of halogens is 1. The zero-order chi connectivity index (χ0) is 13.7. The van der Waals surface area contributed by atoms with Crippen LogP contribution in [0.25, 0.3) is 0 Å². The van der Waals surface area contributed by atoms with Crippen LogP contribution in [0.2, 0.25) is 0 Å². The van der Waals surface area contributed by atoms with Gasteiger partial charge in [0.05, 0.1) is 0 Å². The Hall–Kier alpha value is -1.42. The van der Waals surface area contributed by atoms with E-state index in [9.17, 15) is 9.18 Å². The van der Waals surface area contributed by atoms with Gasteiger partial charge in [-0.25, -0.2) is 4.39 Å². The minimum atomic E-state index is -0.220. The third kappa shape index (κ3) is 4.63. The van der Waals surface area contributed by atoms with Gasteiger partial charge in [0.15, 0.2) is 0 Å². The standard InChI is InChI=1S/C15H21FN2O/c16-12-5-1-3-11(9-12)4-2-6-15(19)18-14-8-7-13(17)10-14/h1,3,5,9,13-14H,2,4,6-8,10,17H2,(H,18,19). The van der Waals surface area contributed by atoms with Crippen molar-refractivity contribution in [1.29, 1.82) is 0 Å². The highest BCUT2D eigenvalue weighted by Crippen LogP contribution is 2.17. The molecule has 104 valence electrons. The first-order valence-electron chi connectivity index (χ1n) is 6.93. The summed E-state index contributed by atoms with van der Waals surface area (Å²) in [5.41, 5.74) is 6.74. The Morgan fingerprint density at radius 2 is 2.26 bits per heavy atom. The average Bonchev–Trinajstić information content (AvgIpc) is 2.75. The quantitative estimate of drug-likeness (QED) is 0.856. The second-order valence-electron chi connectivity index (χ2n) is 5.32. The molecule has 1 fully saturated rings. The minimum Gasteiger partial charge on any atom is -0.353 e. The largest absolute Gasteiger partial charge is 0.353 e. The molecule has 1 aromatic rings. The second-order valence-corrected chi connectivity index (χ2v) is 5.32. The van der Waals surface area contributed by atoms with E-state index in [0.29, 0.717) is 6.42 Å². The summed E-state index contributed by atoms with van der Waals surface area (Å²) in [6, 6.07) is 7.02. The molecule has 1 amide bonds. The highest BCUT2D eigenvalue weighted by molar-refractivity contribution is 5.76. The maximum Gasteiger partial charge on any atom is 0.220 e. The molecule has 4 heteroatoms. The van der Waals surface area contributed by atoms with E-state index in [0.717, 1.165) is 37.7 Å². The monoisotopic (exact) mass is 264 g/mol. The molecule has 0 aromatic heterocycles. The van der Waals surface area contributed by atoms with E-state index >= 15 is 0 Å². The van der Waals surface area contributed by atoms with Crippen molar-refractivity contribution in [2.24, 2.45) is 5.73 Å². The summed E-state index contributed by atoms with van der Waals surface area (Å²) < 4.78 is 13.0. The average molecular weight is 264 g/mol. The lowest BCUT2D eigenvalue weighted by molar-refractivity contribution is -0.121. The van der Waals surface area contributed by atoms with E-state index < -0.39 is 0 Å². The number of carbonyl (C=O) groups excluding carboxylic acids is 1. The summed E-state index contributed by atoms with van der Waals surface area (Å²) in [4.78, 5) is 11.7. The Morgan fingerprint density at radius 3 is 2.95 bits per heavy atom. The van der Waals surface area contributed by atoms with Crippen molar-refractivity contribution >= 4 is 5.91 Å². The third-order valence-corrected chi connectivity index (χ3v) is 3.60. The number of aryl methyl sites for hydroxylation is 1. The number of hydrogen-bond donors (Lipinski definition) is 2. The van der Waals surface area contributed by atoms with Gasteiger partial charge < -0.3 is 11.1 Å². The van der Waals surface area contributed by atoms with Crippen LogP contribution >= 0.6 is 0 Å². The van der Waals surface area contributed by atoms with Gasteiger partial charge in [-0.2, -0.15) is 0 Å². The van der Waals surface area contributed by atoms with E-state index in [1.54, 1.807) is 6.07 Å². The fraction of sp³-hybridized carbons (Fsp3) is 0.533. The van der Waals surface area contributed by atoms with Crippen LogP contribution in [0.4, 0.5) is 4.39 Å². The van der Waals surface area contributed by atoms with Gasteiger partial charge in [-0.05, 0) is 49.8 Å². The lowest BCUT2D eigenvalue weighted by Gasteiger charge is -2.12. The topological polar surface area (TPSA) is 55.1 Å². The van der Waals surface area contributed by atoms with Gasteiger partial charge in [-0.3, -0.25) is 4.79 Å². The number of benzene rings is 1. The molecule has 3 N–H and O–H groups in total. The highest BCUT2D eigenvalue weighted by atomic mass is 19.1. The van der Waals surface area contributed by atoms with E-state index in [1.165, 1.54) is 12.1 Å². The van der Waals surface area contributed by atoms with E-state index in [4.69, 9.17) is 5.73 Å². The molecule has 2 atom stereocenters. The molecule has 0 radical (unpaired) electrons. The van der Waals surface area contributed by atoms with Gasteiger partial charge in [0.2, 0.25) is 5.91 Å². The Morgan fingerprint density at radius 1 is 1.42 bits per heavy atom. The summed E-state index contributed by atoms with van der Waals surface area (Å²) in [6.07, 6.45) is 4.83. The normalized spacial score (nSPS) is 22.4. The lowest BCUT2D eigenvalue weighted by Crippen LogP contribution is -2.33. The van der Waals surface area contributed by atoms with Crippen LogP contribution in [0, 0.1) is 5.82 Å². The van der Waals surface area contributed by atoms with Gasteiger partial charge in [0, 0.05) is 18.5 Å². The molecule has 1 aliphatic rings. The van der Waals surface area contributed by atoms with Crippen molar-refractivity contribution in [2.75, 3.05) is 0 Å². The maximum absolute atomic E-state index is 13.0. The smallest absolute Gasteiger partial charge is 0.220 e. The number of hydrogen-bond acceptors (Lipinski definition) is 2. The third-order valence-electron chi connectivity index (χ3n) is 3.60. The van der Waals surface area contributed by atoms with Crippen LogP contribution in [0.5, 0.6) is 0 Å². The van der Waals surface area contributed by atoms with Gasteiger partial charge in [0.25, 0.3) is 0 Å². The van der Waals surface area contributed by atoms with Crippen molar-refractivity contribution in [1.82, 2.24) is 5.32 Å². The first-order chi connectivity index (χ1) is 9.13. The number of carbonyl (C=O) groups is 1. The van der Waals surface area contributed by atoms with Crippen LogP contribution in [0.15, 0.2) is 24.3 Å². The second kappa shape index (κ2) is 6.66. The summed E-state index contributed by atoms with van der Waals surface area (Å²) in [6.45, 7) is 0. The fourth-order valence-electron chi connectivity index (χ4n) is 2.59. The van der Waals surface area contributed by atoms with Gasteiger partial charge in [-0.15, -0.1) is 0 Å². The molecular weight excluding hydrogens is 243 g/mol. The summed E-state index contributed by atoms with van der Waals surface area (Å²) in [5, 5.41) is 3.01. The zero-order valence-electron chi connectivity index (χ0n) is 11.1.